The molecule has 1 aromatic heterocycles. The van der Waals surface area contributed by atoms with Gasteiger partial charge in [0.05, 0.1) is 11.1 Å². The fourth-order valence-corrected chi connectivity index (χ4v) is 3.51. The van der Waals surface area contributed by atoms with E-state index in [4.69, 9.17) is 21.8 Å². The minimum absolute atomic E-state index is 0.0469. The van der Waals surface area contributed by atoms with Gasteiger partial charge < -0.3 is 10.2 Å². The summed E-state index contributed by atoms with van der Waals surface area (Å²) in [7, 11) is -3.77. The second-order valence-electron chi connectivity index (χ2n) is 4.48. The number of benzene rings is 1. The summed E-state index contributed by atoms with van der Waals surface area (Å²) in [4.78, 5) is -0.0469. The van der Waals surface area contributed by atoms with Crippen molar-refractivity contribution >= 4 is 27.3 Å². The molecule has 3 N–H and O–H groups in total. The van der Waals surface area contributed by atoms with Gasteiger partial charge in [0.1, 0.15) is 16.4 Å². The van der Waals surface area contributed by atoms with E-state index >= 15 is 0 Å². The maximum Gasteiger partial charge on any atom is 0.242 e. The van der Waals surface area contributed by atoms with Gasteiger partial charge in [0.25, 0.3) is 0 Å². The van der Waals surface area contributed by atoms with Gasteiger partial charge in [-0.25, -0.2) is 13.1 Å². The van der Waals surface area contributed by atoms with Crippen LogP contribution in [0.2, 0.25) is 5.02 Å². The molecule has 2 aromatic rings. The van der Waals surface area contributed by atoms with Crippen LogP contribution in [0.4, 0.5) is 5.69 Å². The van der Waals surface area contributed by atoms with Gasteiger partial charge in [0.15, 0.2) is 0 Å². The fraction of sp³-hybridized carbons (Fsp3) is 0.231. The Balaban J connectivity index is 2.29. The molecular formula is C13H15ClN2O3S. The van der Waals surface area contributed by atoms with E-state index in [1.165, 1.54) is 12.1 Å². The van der Waals surface area contributed by atoms with Crippen molar-refractivity contribution in [3.63, 3.8) is 0 Å². The first-order valence-electron chi connectivity index (χ1n) is 5.93. The first kappa shape index (κ1) is 14.9. The number of aryl methyl sites for hydroxylation is 1. The number of hydrogen-bond donors (Lipinski definition) is 2. The van der Waals surface area contributed by atoms with Crippen LogP contribution < -0.4 is 10.5 Å². The molecule has 5 nitrogen and oxygen atoms in total. The summed E-state index contributed by atoms with van der Waals surface area (Å²) in [5.74, 6) is 1.25. The van der Waals surface area contributed by atoms with Gasteiger partial charge >= 0.3 is 0 Å². The lowest BCUT2D eigenvalue weighted by Gasteiger charge is -2.13. The normalized spacial score (nSPS) is 13.3. The molecule has 1 unspecified atom stereocenters. The highest BCUT2D eigenvalue weighted by molar-refractivity contribution is 7.89. The lowest BCUT2D eigenvalue weighted by atomic mass is 10.3. The molecule has 0 aliphatic carbocycles. The summed E-state index contributed by atoms with van der Waals surface area (Å²) < 4.78 is 32.5. The Morgan fingerprint density at radius 2 is 2.00 bits per heavy atom. The molecule has 0 bridgehead atoms. The minimum atomic E-state index is -3.77. The van der Waals surface area contributed by atoms with Crippen molar-refractivity contribution in [2.24, 2.45) is 0 Å². The predicted molar refractivity (Wildman–Crippen MR) is 78.0 cm³/mol. The van der Waals surface area contributed by atoms with Crippen LogP contribution in [0.1, 0.15) is 24.5 Å². The third kappa shape index (κ3) is 3.15. The Labute approximate surface area is 122 Å². The van der Waals surface area contributed by atoms with E-state index in [1.54, 1.807) is 32.0 Å². The van der Waals surface area contributed by atoms with Crippen LogP contribution in [0.15, 0.2) is 39.6 Å². The summed E-state index contributed by atoms with van der Waals surface area (Å²) in [6, 6.07) is 7.31. The molecule has 108 valence electrons. The monoisotopic (exact) mass is 314 g/mol. The van der Waals surface area contributed by atoms with Crippen molar-refractivity contribution < 1.29 is 12.8 Å². The van der Waals surface area contributed by atoms with Gasteiger partial charge in [-0.05, 0) is 44.2 Å². The van der Waals surface area contributed by atoms with Gasteiger partial charge in [-0.15, -0.1) is 0 Å². The lowest BCUT2D eigenvalue weighted by Crippen LogP contribution is -2.27. The first-order chi connectivity index (χ1) is 9.29. The molecule has 1 aromatic carbocycles. The summed E-state index contributed by atoms with van der Waals surface area (Å²) >= 11 is 5.92. The molecule has 1 atom stereocenters. The Morgan fingerprint density at radius 1 is 1.30 bits per heavy atom. The van der Waals surface area contributed by atoms with E-state index in [9.17, 15) is 8.42 Å². The molecule has 0 radical (unpaired) electrons. The zero-order valence-electron chi connectivity index (χ0n) is 11.1. The van der Waals surface area contributed by atoms with E-state index in [0.29, 0.717) is 17.2 Å². The molecule has 7 heteroatoms. The van der Waals surface area contributed by atoms with Crippen LogP contribution in [0.25, 0.3) is 0 Å². The number of furan rings is 1. The largest absolute Gasteiger partial charge is 0.465 e. The van der Waals surface area contributed by atoms with Gasteiger partial charge in [0, 0.05) is 5.69 Å². The Bertz CT molecular complexity index is 725. The number of halogens is 1. The Kier molecular flexibility index (Phi) is 4.08. The van der Waals surface area contributed by atoms with E-state index in [2.05, 4.69) is 4.72 Å². The zero-order valence-corrected chi connectivity index (χ0v) is 12.6. The lowest BCUT2D eigenvalue weighted by molar-refractivity contribution is 0.441. The van der Waals surface area contributed by atoms with Crippen molar-refractivity contribution in [1.29, 1.82) is 0 Å². The zero-order chi connectivity index (χ0) is 14.9. The molecule has 0 aliphatic heterocycles. The summed E-state index contributed by atoms with van der Waals surface area (Å²) in [6.45, 7) is 3.48. The van der Waals surface area contributed by atoms with Crippen molar-refractivity contribution in [1.82, 2.24) is 4.72 Å². The van der Waals surface area contributed by atoms with Gasteiger partial charge in [-0.3, -0.25) is 0 Å². The second kappa shape index (κ2) is 5.47. The van der Waals surface area contributed by atoms with E-state index in [-0.39, 0.29) is 9.92 Å². The third-order valence-corrected chi connectivity index (χ3v) is 4.79. The maximum absolute atomic E-state index is 12.3. The maximum atomic E-state index is 12.3. The standard InChI is InChI=1S/C13H15ClN2O3S/c1-8-3-6-12(19-8)9(2)16-20(17,18)13-7-10(15)4-5-11(13)14/h3-7,9,16H,15H2,1-2H3. The SMILES string of the molecule is Cc1ccc(C(C)NS(=O)(=O)c2cc(N)ccc2Cl)o1. The van der Waals surface area contributed by atoms with E-state index in [1.807, 2.05) is 0 Å². The number of rotatable bonds is 4. The molecule has 0 aliphatic rings. The predicted octanol–water partition coefficient (Wildman–Crippen LogP) is 2.86. The molecule has 0 saturated heterocycles. The number of nitrogens with one attached hydrogen (secondary N) is 1. The van der Waals surface area contributed by atoms with Crippen LogP contribution in [0.5, 0.6) is 0 Å². The van der Waals surface area contributed by atoms with Gasteiger partial charge in [-0.2, -0.15) is 0 Å². The highest BCUT2D eigenvalue weighted by atomic mass is 35.5. The third-order valence-electron chi connectivity index (χ3n) is 2.76. The highest BCUT2D eigenvalue weighted by Crippen LogP contribution is 2.25. The molecule has 2 rings (SSSR count). The molecule has 1 heterocycles. The molecule has 20 heavy (non-hydrogen) atoms. The molecule has 0 fully saturated rings. The van der Waals surface area contributed by atoms with Crippen molar-refractivity contribution in [2.45, 2.75) is 24.8 Å². The van der Waals surface area contributed by atoms with Crippen molar-refractivity contribution in [2.75, 3.05) is 5.73 Å². The number of nitrogen functional groups attached to an aromatic ring is 1. The number of sulfonamides is 1. The summed E-state index contributed by atoms with van der Waals surface area (Å²) in [5.41, 5.74) is 5.93. The van der Waals surface area contributed by atoms with Crippen molar-refractivity contribution in [3.8, 4) is 0 Å². The van der Waals surface area contributed by atoms with Gasteiger partial charge in [-0.1, -0.05) is 11.6 Å². The quantitative estimate of drug-likeness (QED) is 0.850. The van der Waals surface area contributed by atoms with E-state index < -0.39 is 16.1 Å². The smallest absolute Gasteiger partial charge is 0.242 e. The van der Waals surface area contributed by atoms with Crippen LogP contribution in [0.3, 0.4) is 0 Å². The molecule has 0 amide bonds. The second-order valence-corrected chi connectivity index (χ2v) is 6.57. The molecular weight excluding hydrogens is 300 g/mol. The number of nitrogens with two attached hydrogens (primary N) is 1. The topological polar surface area (TPSA) is 85.3 Å². The Hall–Kier alpha value is -1.50. The van der Waals surface area contributed by atoms with Crippen LogP contribution >= 0.6 is 11.6 Å². The average molecular weight is 315 g/mol. The number of hydrogen-bond acceptors (Lipinski definition) is 4. The fourth-order valence-electron chi connectivity index (χ4n) is 1.77. The first-order valence-corrected chi connectivity index (χ1v) is 7.79. The minimum Gasteiger partial charge on any atom is -0.465 e. The van der Waals surface area contributed by atoms with Crippen LogP contribution in [-0.2, 0) is 10.0 Å². The molecule has 0 saturated carbocycles. The average Bonchev–Trinajstić information content (AvgIpc) is 2.78. The van der Waals surface area contributed by atoms with Crippen LogP contribution in [0, 0.1) is 6.92 Å². The summed E-state index contributed by atoms with van der Waals surface area (Å²) in [6.07, 6.45) is 0. The highest BCUT2D eigenvalue weighted by Gasteiger charge is 2.22. The summed E-state index contributed by atoms with van der Waals surface area (Å²) in [5, 5.41) is 0.120. The van der Waals surface area contributed by atoms with E-state index in [0.717, 1.165) is 0 Å². The number of anilines is 1. The van der Waals surface area contributed by atoms with Crippen molar-refractivity contribution in [3.05, 3.63) is 46.9 Å². The molecule has 0 spiro atoms. The Morgan fingerprint density at radius 3 is 2.60 bits per heavy atom. The van der Waals surface area contributed by atoms with Gasteiger partial charge in [0.2, 0.25) is 10.0 Å². The van der Waals surface area contributed by atoms with Crippen LogP contribution in [-0.4, -0.2) is 8.42 Å².